The van der Waals surface area contributed by atoms with Crippen molar-refractivity contribution in [1.82, 2.24) is 4.98 Å². The summed E-state index contributed by atoms with van der Waals surface area (Å²) in [4.78, 5) is 17.3. The smallest absolute Gasteiger partial charge is 0.193 e. The third-order valence-electron chi connectivity index (χ3n) is 3.47. The molecule has 1 heterocycles. The van der Waals surface area contributed by atoms with Crippen molar-refractivity contribution in [2.75, 3.05) is 12.5 Å². The van der Waals surface area contributed by atoms with E-state index in [-0.39, 0.29) is 5.78 Å². The van der Waals surface area contributed by atoms with Crippen LogP contribution < -0.4 is 0 Å². The highest BCUT2D eigenvalue weighted by molar-refractivity contribution is 7.99. The van der Waals surface area contributed by atoms with Crippen LogP contribution in [0.3, 0.4) is 0 Å². The summed E-state index contributed by atoms with van der Waals surface area (Å²) in [5.41, 5.74) is 1.41. The Hall–Kier alpha value is -1.78. The fourth-order valence-corrected chi connectivity index (χ4v) is 3.25. The van der Waals surface area contributed by atoms with E-state index in [1.807, 2.05) is 67.1 Å². The number of hydrogen-bond acceptors (Lipinski definition) is 4. The normalized spacial score (nSPS) is 10.8. The number of carbonyl (C=O) groups excluding carboxylic acids is 1. The molecule has 0 amide bonds. The van der Waals surface area contributed by atoms with E-state index in [0.717, 1.165) is 20.8 Å². The second-order valence-electron chi connectivity index (χ2n) is 4.83. The number of carbonyl (C=O) groups is 1. The highest BCUT2D eigenvalue weighted by Gasteiger charge is 2.12. The zero-order chi connectivity index (χ0) is 15.5. The largest absolute Gasteiger partial charge is 0.289 e. The van der Waals surface area contributed by atoms with Crippen LogP contribution in [-0.2, 0) is 0 Å². The monoisotopic (exact) mass is 325 g/mol. The van der Waals surface area contributed by atoms with Crippen LogP contribution in [0.25, 0.3) is 10.8 Å². The van der Waals surface area contributed by atoms with E-state index >= 15 is 0 Å². The molecule has 0 N–H and O–H groups in total. The Morgan fingerprint density at radius 2 is 1.45 bits per heavy atom. The zero-order valence-corrected chi connectivity index (χ0v) is 14.0. The van der Waals surface area contributed by atoms with Gasteiger partial charge in [0.15, 0.2) is 5.78 Å². The molecule has 4 heteroatoms. The van der Waals surface area contributed by atoms with Crippen molar-refractivity contribution in [1.29, 1.82) is 0 Å². The van der Waals surface area contributed by atoms with Crippen molar-refractivity contribution in [3.8, 4) is 0 Å². The summed E-state index contributed by atoms with van der Waals surface area (Å²) in [5, 5.41) is 3.97. The number of nitrogens with zero attached hydrogens (tertiary/aromatic N) is 1. The summed E-state index contributed by atoms with van der Waals surface area (Å²) >= 11 is 3.10. The van der Waals surface area contributed by atoms with Crippen molar-refractivity contribution >= 4 is 40.1 Å². The molecule has 2 nitrogen and oxygen atoms in total. The average molecular weight is 325 g/mol. The molecule has 0 bridgehead atoms. The van der Waals surface area contributed by atoms with Gasteiger partial charge >= 0.3 is 0 Å². The summed E-state index contributed by atoms with van der Waals surface area (Å²) in [5.74, 6) is 0.0405. The second kappa shape index (κ2) is 6.55. The van der Waals surface area contributed by atoms with E-state index in [2.05, 4.69) is 4.98 Å². The molecular formula is C18H15NOS2. The predicted octanol–water partition coefficient (Wildman–Crippen LogP) is 4.91. The molecule has 0 unspecified atom stereocenters. The van der Waals surface area contributed by atoms with E-state index < -0.39 is 0 Å². The van der Waals surface area contributed by atoms with Gasteiger partial charge in [-0.05, 0) is 41.5 Å². The third kappa shape index (κ3) is 3.03. The summed E-state index contributed by atoms with van der Waals surface area (Å²) in [6.07, 6.45) is 3.94. The topological polar surface area (TPSA) is 30.0 Å². The molecule has 1 aromatic heterocycles. The Bertz CT molecular complexity index is 823. The van der Waals surface area contributed by atoms with Gasteiger partial charge in [0.25, 0.3) is 0 Å². The number of benzene rings is 2. The highest BCUT2D eigenvalue weighted by atomic mass is 32.2. The van der Waals surface area contributed by atoms with Crippen LogP contribution >= 0.6 is 23.5 Å². The van der Waals surface area contributed by atoms with Gasteiger partial charge in [-0.3, -0.25) is 4.79 Å². The van der Waals surface area contributed by atoms with Crippen molar-refractivity contribution in [2.24, 2.45) is 0 Å². The van der Waals surface area contributed by atoms with E-state index in [4.69, 9.17) is 0 Å². The number of aromatic nitrogens is 1. The van der Waals surface area contributed by atoms with Crippen LogP contribution in [0.1, 0.15) is 15.9 Å². The van der Waals surface area contributed by atoms with Crippen LogP contribution in [-0.4, -0.2) is 23.3 Å². The quantitative estimate of drug-likeness (QED) is 0.503. The number of ketones is 1. The Balaban J connectivity index is 2.05. The van der Waals surface area contributed by atoms with Crippen molar-refractivity contribution < 1.29 is 4.79 Å². The fourth-order valence-electron chi connectivity index (χ4n) is 2.32. The minimum atomic E-state index is 0.0405. The first-order chi connectivity index (χ1) is 10.7. The van der Waals surface area contributed by atoms with E-state index in [0.29, 0.717) is 11.1 Å². The standard InChI is InChI=1S/C18H15NOS2/c1-21-16-10-15(11-17(19-16)22-2)18(20)14-8-7-12-5-3-4-6-13(12)9-14/h3-11H,1-2H3. The van der Waals surface area contributed by atoms with Gasteiger partial charge in [0.1, 0.15) is 0 Å². The van der Waals surface area contributed by atoms with E-state index in [1.165, 1.54) is 0 Å². The van der Waals surface area contributed by atoms with Crippen LogP contribution in [0.2, 0.25) is 0 Å². The molecule has 0 aliphatic heterocycles. The summed E-state index contributed by atoms with van der Waals surface area (Å²) < 4.78 is 0. The van der Waals surface area contributed by atoms with Gasteiger partial charge in [0.2, 0.25) is 0 Å². The van der Waals surface area contributed by atoms with Crippen LogP contribution in [0.15, 0.2) is 64.6 Å². The lowest BCUT2D eigenvalue weighted by Gasteiger charge is -2.07. The molecule has 22 heavy (non-hydrogen) atoms. The molecule has 0 atom stereocenters. The minimum absolute atomic E-state index is 0.0405. The Kier molecular flexibility index (Phi) is 4.50. The molecule has 0 aliphatic carbocycles. The molecule has 0 spiro atoms. The van der Waals surface area contributed by atoms with Crippen LogP contribution in [0, 0.1) is 0 Å². The van der Waals surface area contributed by atoms with Gasteiger partial charge in [-0.25, -0.2) is 4.98 Å². The molecule has 0 saturated heterocycles. The summed E-state index contributed by atoms with van der Waals surface area (Å²) in [6, 6.07) is 17.6. The summed E-state index contributed by atoms with van der Waals surface area (Å²) in [7, 11) is 0. The van der Waals surface area contributed by atoms with E-state index in [1.54, 1.807) is 23.5 Å². The highest BCUT2D eigenvalue weighted by Crippen LogP contribution is 2.23. The van der Waals surface area contributed by atoms with Gasteiger partial charge in [0, 0.05) is 11.1 Å². The lowest BCUT2D eigenvalue weighted by molar-refractivity contribution is 0.103. The van der Waals surface area contributed by atoms with Crippen molar-refractivity contribution in [3.05, 3.63) is 65.7 Å². The maximum atomic E-state index is 12.8. The van der Waals surface area contributed by atoms with Crippen LogP contribution in [0.4, 0.5) is 0 Å². The van der Waals surface area contributed by atoms with Gasteiger partial charge in [-0.2, -0.15) is 0 Å². The lowest BCUT2D eigenvalue weighted by atomic mass is 10.0. The first-order valence-corrected chi connectivity index (χ1v) is 9.30. The molecule has 0 saturated carbocycles. The fraction of sp³-hybridized carbons (Fsp3) is 0.111. The van der Waals surface area contributed by atoms with Crippen LogP contribution in [0.5, 0.6) is 0 Å². The zero-order valence-electron chi connectivity index (χ0n) is 12.4. The van der Waals surface area contributed by atoms with Crippen molar-refractivity contribution in [3.63, 3.8) is 0 Å². The van der Waals surface area contributed by atoms with E-state index in [9.17, 15) is 4.79 Å². The minimum Gasteiger partial charge on any atom is -0.289 e. The molecule has 0 fully saturated rings. The third-order valence-corrected chi connectivity index (χ3v) is 4.73. The number of hydrogen-bond donors (Lipinski definition) is 0. The molecule has 110 valence electrons. The molecule has 2 aromatic carbocycles. The molecule has 0 radical (unpaired) electrons. The lowest BCUT2D eigenvalue weighted by Crippen LogP contribution is -2.03. The maximum Gasteiger partial charge on any atom is 0.193 e. The molecule has 0 aliphatic rings. The van der Waals surface area contributed by atoms with Gasteiger partial charge in [-0.1, -0.05) is 36.4 Å². The SMILES string of the molecule is CSc1cc(C(=O)c2ccc3ccccc3c2)cc(SC)n1. The first-order valence-electron chi connectivity index (χ1n) is 6.85. The molecular weight excluding hydrogens is 310 g/mol. The van der Waals surface area contributed by atoms with Crippen molar-refractivity contribution in [2.45, 2.75) is 10.1 Å². The van der Waals surface area contributed by atoms with Gasteiger partial charge in [-0.15, -0.1) is 23.5 Å². The Morgan fingerprint density at radius 3 is 2.09 bits per heavy atom. The number of fused-ring (bicyclic) bond motifs is 1. The summed E-state index contributed by atoms with van der Waals surface area (Å²) in [6.45, 7) is 0. The van der Waals surface area contributed by atoms with Gasteiger partial charge in [0.05, 0.1) is 10.1 Å². The molecule has 3 aromatic rings. The second-order valence-corrected chi connectivity index (χ2v) is 6.48. The maximum absolute atomic E-state index is 12.8. The Morgan fingerprint density at radius 1 is 0.818 bits per heavy atom. The molecule has 3 rings (SSSR count). The van der Waals surface area contributed by atoms with Gasteiger partial charge < -0.3 is 0 Å². The average Bonchev–Trinajstić information content (AvgIpc) is 2.60. The Labute approximate surface area is 138 Å². The number of thioether (sulfide) groups is 2. The first kappa shape index (κ1) is 15.1. The number of pyridine rings is 1. The predicted molar refractivity (Wildman–Crippen MR) is 95.2 cm³/mol. The number of rotatable bonds is 4.